The van der Waals surface area contributed by atoms with Gasteiger partial charge in [0.2, 0.25) is 0 Å². The van der Waals surface area contributed by atoms with Crippen LogP contribution >= 0.6 is 0 Å². The molecule has 1 N–H and O–H groups in total. The molecule has 2 rings (SSSR count). The molecule has 6 nitrogen and oxygen atoms in total. The van der Waals surface area contributed by atoms with Gasteiger partial charge in [-0.25, -0.2) is 9.59 Å². The number of amides is 1. The monoisotopic (exact) mass is 319 g/mol. The molecule has 124 valence electrons. The molecule has 1 aromatic rings. The molecule has 0 unspecified atom stereocenters. The Labute approximate surface area is 135 Å². The number of cyclic esters (lactones) is 2. The number of carbonyl (C=O) groups excluding carboxylic acids is 3. The van der Waals surface area contributed by atoms with E-state index in [-0.39, 0.29) is 12.5 Å². The van der Waals surface area contributed by atoms with Crippen molar-refractivity contribution in [1.29, 1.82) is 0 Å². The molecule has 6 heteroatoms. The van der Waals surface area contributed by atoms with Crippen LogP contribution in [0.2, 0.25) is 0 Å². The minimum atomic E-state index is -0.648. The second-order valence-electron chi connectivity index (χ2n) is 4.09. The third-order valence-electron chi connectivity index (χ3n) is 2.28. The largest absolute Gasteiger partial charge is 0.461 e. The van der Waals surface area contributed by atoms with Crippen LogP contribution in [0.1, 0.15) is 18.9 Å². The summed E-state index contributed by atoms with van der Waals surface area (Å²) >= 11 is 0. The SMILES string of the molecule is C=CC=C.CCC(=O)OCc1ccccc1.O=C1CNC(=O)O1. The topological polar surface area (TPSA) is 81.7 Å². The summed E-state index contributed by atoms with van der Waals surface area (Å²) in [4.78, 5) is 30.6. The minimum Gasteiger partial charge on any atom is -0.461 e. The third-order valence-corrected chi connectivity index (χ3v) is 2.28. The van der Waals surface area contributed by atoms with Gasteiger partial charge in [0.25, 0.3) is 0 Å². The molecule has 1 heterocycles. The summed E-state index contributed by atoms with van der Waals surface area (Å²) in [5.74, 6) is -0.663. The number of nitrogens with one attached hydrogen (secondary N) is 1. The van der Waals surface area contributed by atoms with Crippen molar-refractivity contribution in [3.05, 3.63) is 61.2 Å². The highest BCUT2D eigenvalue weighted by Crippen LogP contribution is 2.00. The maximum atomic E-state index is 10.8. The molecule has 1 aliphatic rings. The van der Waals surface area contributed by atoms with Gasteiger partial charge in [-0.3, -0.25) is 4.79 Å². The second-order valence-corrected chi connectivity index (χ2v) is 4.09. The molecule has 1 aliphatic heterocycles. The maximum Gasteiger partial charge on any atom is 0.415 e. The first kappa shape index (κ1) is 20.1. The Kier molecular flexibility index (Phi) is 11.2. The van der Waals surface area contributed by atoms with Gasteiger partial charge in [0.1, 0.15) is 13.2 Å². The number of esters is 2. The Bertz CT molecular complexity index is 505. The third kappa shape index (κ3) is 11.4. The maximum absolute atomic E-state index is 10.8. The van der Waals surface area contributed by atoms with E-state index in [1.54, 1.807) is 19.1 Å². The predicted octanol–water partition coefficient (Wildman–Crippen LogP) is 2.75. The summed E-state index contributed by atoms with van der Waals surface area (Å²) in [5.41, 5.74) is 1.03. The molecule has 1 amide bonds. The standard InChI is InChI=1S/C10H12O2.C4H6.C3H3NO3/c1-2-10(11)12-8-9-6-4-3-5-7-9;1-3-4-2;5-2-1-4-3(6)7-2/h3-7H,2,8H2,1H3;3-4H,1-2H2;1H2,(H,4,6). The summed E-state index contributed by atoms with van der Waals surface area (Å²) in [6.45, 7) is 8.90. The first-order valence-corrected chi connectivity index (χ1v) is 6.95. The Morgan fingerprint density at radius 3 is 2.22 bits per heavy atom. The van der Waals surface area contributed by atoms with Crippen LogP contribution in [0.15, 0.2) is 55.6 Å². The molecule has 1 aromatic carbocycles. The number of hydrogen-bond donors (Lipinski definition) is 1. The molecular formula is C17H21NO5. The molecule has 0 aliphatic carbocycles. The average molecular weight is 319 g/mol. The van der Waals surface area contributed by atoms with Crippen LogP contribution < -0.4 is 5.32 Å². The molecule has 0 spiro atoms. The Hall–Kier alpha value is -2.89. The normalized spacial score (nSPS) is 11.5. The quantitative estimate of drug-likeness (QED) is 0.524. The summed E-state index contributed by atoms with van der Waals surface area (Å²) in [6.07, 6.45) is 3.07. The van der Waals surface area contributed by atoms with Crippen LogP contribution in [-0.4, -0.2) is 24.6 Å². The fraction of sp³-hybridized carbons (Fsp3) is 0.235. The number of allylic oxidation sites excluding steroid dienone is 2. The van der Waals surface area contributed by atoms with E-state index in [1.165, 1.54) is 0 Å². The van der Waals surface area contributed by atoms with Gasteiger partial charge in [0.05, 0.1) is 0 Å². The van der Waals surface area contributed by atoms with Gasteiger partial charge < -0.3 is 14.8 Å². The van der Waals surface area contributed by atoms with Crippen LogP contribution in [0.4, 0.5) is 4.79 Å². The number of hydrogen-bond acceptors (Lipinski definition) is 5. The van der Waals surface area contributed by atoms with E-state index in [2.05, 4.69) is 23.2 Å². The van der Waals surface area contributed by atoms with Gasteiger partial charge in [0.15, 0.2) is 0 Å². The second kappa shape index (κ2) is 12.8. The van der Waals surface area contributed by atoms with Crippen LogP contribution in [0.5, 0.6) is 0 Å². The molecule has 0 saturated carbocycles. The van der Waals surface area contributed by atoms with Gasteiger partial charge in [-0.15, -0.1) is 0 Å². The molecule has 23 heavy (non-hydrogen) atoms. The number of rotatable bonds is 4. The smallest absolute Gasteiger partial charge is 0.415 e. The van der Waals surface area contributed by atoms with Crippen molar-refractivity contribution in [2.24, 2.45) is 0 Å². The lowest BCUT2D eigenvalue weighted by molar-refractivity contribution is -0.144. The highest BCUT2D eigenvalue weighted by Gasteiger charge is 2.17. The van der Waals surface area contributed by atoms with Gasteiger partial charge in [-0.2, -0.15) is 0 Å². The number of carbonyl (C=O) groups is 3. The van der Waals surface area contributed by atoms with Crippen LogP contribution in [0.25, 0.3) is 0 Å². The molecule has 0 atom stereocenters. The molecule has 0 radical (unpaired) electrons. The van der Waals surface area contributed by atoms with Crippen LogP contribution in [0.3, 0.4) is 0 Å². The summed E-state index contributed by atoms with van der Waals surface area (Å²) in [5, 5.41) is 2.16. The van der Waals surface area contributed by atoms with Gasteiger partial charge in [0, 0.05) is 6.42 Å². The predicted molar refractivity (Wildman–Crippen MR) is 86.4 cm³/mol. The molecule has 0 bridgehead atoms. The lowest BCUT2D eigenvalue weighted by Crippen LogP contribution is -2.12. The van der Waals surface area contributed by atoms with Crippen molar-refractivity contribution in [1.82, 2.24) is 5.32 Å². The van der Waals surface area contributed by atoms with E-state index in [1.807, 2.05) is 30.3 Å². The Morgan fingerprint density at radius 1 is 1.26 bits per heavy atom. The highest BCUT2D eigenvalue weighted by atomic mass is 16.6. The zero-order valence-electron chi connectivity index (χ0n) is 13.1. The average Bonchev–Trinajstić information content (AvgIpc) is 2.97. The minimum absolute atomic E-state index is 0.0127. The van der Waals surface area contributed by atoms with Crippen LogP contribution in [-0.2, 0) is 25.7 Å². The van der Waals surface area contributed by atoms with Gasteiger partial charge >= 0.3 is 18.0 Å². The Balaban J connectivity index is 0.000000371. The summed E-state index contributed by atoms with van der Waals surface area (Å²) in [6, 6.07) is 9.65. The zero-order valence-corrected chi connectivity index (χ0v) is 13.1. The van der Waals surface area contributed by atoms with Crippen LogP contribution in [0, 0.1) is 0 Å². The number of ether oxygens (including phenoxy) is 2. The summed E-state index contributed by atoms with van der Waals surface area (Å²) in [7, 11) is 0. The number of benzene rings is 1. The van der Waals surface area contributed by atoms with E-state index >= 15 is 0 Å². The summed E-state index contributed by atoms with van der Waals surface area (Å²) < 4.78 is 8.91. The zero-order chi connectivity index (χ0) is 17.5. The molecule has 0 aromatic heterocycles. The first-order valence-electron chi connectivity index (χ1n) is 6.95. The fourth-order valence-electron chi connectivity index (χ4n) is 1.16. The van der Waals surface area contributed by atoms with Crippen molar-refractivity contribution in [2.45, 2.75) is 20.0 Å². The van der Waals surface area contributed by atoms with E-state index < -0.39 is 12.1 Å². The first-order chi connectivity index (χ1) is 11.0. The van der Waals surface area contributed by atoms with Gasteiger partial charge in [-0.1, -0.05) is 62.6 Å². The van der Waals surface area contributed by atoms with Gasteiger partial charge in [-0.05, 0) is 5.56 Å². The van der Waals surface area contributed by atoms with E-state index in [0.717, 1.165) is 5.56 Å². The molecular weight excluding hydrogens is 298 g/mol. The fourth-order valence-corrected chi connectivity index (χ4v) is 1.16. The molecule has 1 fully saturated rings. The number of alkyl carbamates (subject to hydrolysis) is 1. The van der Waals surface area contributed by atoms with E-state index in [4.69, 9.17) is 4.74 Å². The van der Waals surface area contributed by atoms with Crippen molar-refractivity contribution in [2.75, 3.05) is 6.54 Å². The van der Waals surface area contributed by atoms with Crippen molar-refractivity contribution < 1.29 is 23.9 Å². The lowest BCUT2D eigenvalue weighted by atomic mass is 10.2. The van der Waals surface area contributed by atoms with Crippen molar-refractivity contribution in [3.8, 4) is 0 Å². The lowest BCUT2D eigenvalue weighted by Gasteiger charge is -2.01. The van der Waals surface area contributed by atoms with E-state index in [0.29, 0.717) is 13.0 Å². The Morgan fingerprint density at radius 2 is 1.87 bits per heavy atom. The molecule has 1 saturated heterocycles. The highest BCUT2D eigenvalue weighted by molar-refractivity contribution is 5.92. The van der Waals surface area contributed by atoms with Crippen molar-refractivity contribution >= 4 is 18.0 Å². The van der Waals surface area contributed by atoms with Crippen molar-refractivity contribution in [3.63, 3.8) is 0 Å². The van der Waals surface area contributed by atoms with E-state index in [9.17, 15) is 14.4 Å².